The van der Waals surface area contributed by atoms with E-state index in [9.17, 15) is 33.9 Å². The third-order valence-electron chi connectivity index (χ3n) is 11.1. The van der Waals surface area contributed by atoms with Crippen molar-refractivity contribution in [2.45, 2.75) is 141 Å². The number of nitrogens with one attached hydrogen (secondary N) is 5. The molecule has 2 heterocycles. The van der Waals surface area contributed by atoms with E-state index in [2.05, 4.69) is 26.6 Å². The van der Waals surface area contributed by atoms with Crippen molar-refractivity contribution in [3.8, 4) is 11.5 Å². The maximum Gasteiger partial charge on any atom is 0.333 e. The van der Waals surface area contributed by atoms with Gasteiger partial charge in [-0.05, 0) is 106 Å². The Morgan fingerprint density at radius 2 is 1.53 bits per heavy atom. The first-order valence-corrected chi connectivity index (χ1v) is 22.0. The summed E-state index contributed by atoms with van der Waals surface area (Å²) < 4.78 is 11.7. The molecule has 1 fully saturated rings. The average molecular weight is 854 g/mol. The first-order valence-electron chi connectivity index (χ1n) is 22.0. The Labute approximate surface area is 364 Å². The van der Waals surface area contributed by atoms with Crippen molar-refractivity contribution in [1.29, 1.82) is 0 Å². The van der Waals surface area contributed by atoms with Crippen LogP contribution in [0.5, 0.6) is 11.5 Å². The zero-order valence-electron chi connectivity index (χ0n) is 36.4. The number of fused-ring (bicyclic) bond motifs is 12. The zero-order chi connectivity index (χ0) is 44.6. The summed E-state index contributed by atoms with van der Waals surface area (Å²) in [4.78, 5) is 81.5. The van der Waals surface area contributed by atoms with Gasteiger partial charge in [-0.3, -0.25) is 24.0 Å². The molecule has 4 bridgehead atoms. The lowest BCUT2D eigenvalue weighted by Crippen LogP contribution is -2.59. The quantitative estimate of drug-likeness (QED) is 0.132. The normalized spacial score (nSPS) is 19.4. The second-order valence-corrected chi connectivity index (χ2v) is 17.3. The highest BCUT2D eigenvalue weighted by Gasteiger charge is 2.36. The van der Waals surface area contributed by atoms with E-state index < -0.39 is 72.0 Å². The van der Waals surface area contributed by atoms with Gasteiger partial charge in [0.05, 0.1) is 12.6 Å². The second-order valence-electron chi connectivity index (χ2n) is 17.3. The standard InChI is InChI=1S/C48H63N5O9/c1-5-15-37(43(56)46(59)49-30-40(55)53-42(34-20-10-7-11-21-34)47(60)62-48(2,3)4)50-44(57)38-29-32-17-14-22-36(28-32)61-35-26-24-31(25-27-35)16-12-13-23-39(54)52-41(45(58)51-38)33-18-8-6-9-19-33/h7,10-11,14,17,20-22,24-28,33,37-38,41-43,56H,5-6,8-9,12-13,15-16,18-19,23,29-30H2,1-4H3,(H,49,59)(H,50,57)(H,51,58)(H,52,54)(H,53,55)/t37?,38-,41-,42-,43?/m0/s1. The number of aliphatic hydroxyl groups is 1. The summed E-state index contributed by atoms with van der Waals surface area (Å²) >= 11 is 0. The molecule has 5 amide bonds. The van der Waals surface area contributed by atoms with Gasteiger partial charge in [0, 0.05) is 12.8 Å². The predicted octanol–water partition coefficient (Wildman–Crippen LogP) is 5.26. The Hall–Kier alpha value is -5.76. The van der Waals surface area contributed by atoms with Crippen LogP contribution in [-0.4, -0.2) is 77.0 Å². The number of amides is 5. The molecule has 1 aliphatic carbocycles. The molecule has 14 heteroatoms. The molecule has 1 saturated carbocycles. The Bertz CT molecular complexity index is 1980. The van der Waals surface area contributed by atoms with Crippen LogP contribution in [0, 0.1) is 5.92 Å². The SMILES string of the molecule is CCCC(NC(=O)[C@@H]1Cc2cccc(c2)Oc2ccc(cc2)CCCCC(=O)N[C@@H](C2CCCCC2)C(=O)N1)C(O)C(=O)NCC(=O)N[C@H](C(=O)OC(C)(C)C)c1ccccc1. The first-order chi connectivity index (χ1) is 29.7. The van der Waals surface area contributed by atoms with Gasteiger partial charge in [0.2, 0.25) is 23.6 Å². The molecular weight excluding hydrogens is 791 g/mol. The lowest BCUT2D eigenvalue weighted by Gasteiger charge is -2.32. The van der Waals surface area contributed by atoms with Gasteiger partial charge in [0.25, 0.3) is 5.91 Å². The number of carbonyl (C=O) groups is 6. The minimum Gasteiger partial charge on any atom is -0.458 e. The molecule has 62 heavy (non-hydrogen) atoms. The molecule has 3 aromatic rings. The van der Waals surface area contributed by atoms with Crippen molar-refractivity contribution in [3.05, 3.63) is 95.6 Å². The minimum atomic E-state index is -1.78. The monoisotopic (exact) mass is 853 g/mol. The van der Waals surface area contributed by atoms with Crippen LogP contribution in [0.2, 0.25) is 0 Å². The fourth-order valence-corrected chi connectivity index (χ4v) is 7.88. The molecule has 5 atom stereocenters. The Morgan fingerprint density at radius 3 is 2.23 bits per heavy atom. The number of hydrogen-bond donors (Lipinski definition) is 6. The van der Waals surface area contributed by atoms with Crippen LogP contribution >= 0.6 is 0 Å². The molecule has 0 spiro atoms. The van der Waals surface area contributed by atoms with Gasteiger partial charge in [-0.1, -0.05) is 87.2 Å². The van der Waals surface area contributed by atoms with Crippen LogP contribution in [0.25, 0.3) is 0 Å². The van der Waals surface area contributed by atoms with Gasteiger partial charge < -0.3 is 41.2 Å². The van der Waals surface area contributed by atoms with Crippen LogP contribution in [0.3, 0.4) is 0 Å². The van der Waals surface area contributed by atoms with E-state index in [0.29, 0.717) is 35.5 Å². The van der Waals surface area contributed by atoms with Crippen molar-refractivity contribution in [1.82, 2.24) is 26.6 Å². The summed E-state index contributed by atoms with van der Waals surface area (Å²) in [7, 11) is 0. The maximum atomic E-state index is 14.3. The Kier molecular flexibility index (Phi) is 17.5. The number of benzene rings is 3. The van der Waals surface area contributed by atoms with Crippen LogP contribution in [0.1, 0.15) is 115 Å². The van der Waals surface area contributed by atoms with E-state index in [1.165, 1.54) is 0 Å². The summed E-state index contributed by atoms with van der Waals surface area (Å²) in [6.07, 6.45) is 5.80. The van der Waals surface area contributed by atoms with Crippen molar-refractivity contribution in [2.75, 3.05) is 6.54 Å². The number of aryl methyl sites for hydroxylation is 1. The van der Waals surface area contributed by atoms with E-state index in [-0.39, 0.29) is 31.1 Å². The van der Waals surface area contributed by atoms with E-state index in [1.807, 2.05) is 37.3 Å². The van der Waals surface area contributed by atoms with Gasteiger partial charge >= 0.3 is 5.97 Å². The number of esters is 1. The van der Waals surface area contributed by atoms with Gasteiger partial charge in [0.15, 0.2) is 12.1 Å². The van der Waals surface area contributed by atoms with Crippen molar-refractivity contribution in [3.63, 3.8) is 0 Å². The predicted molar refractivity (Wildman–Crippen MR) is 234 cm³/mol. The topological polar surface area (TPSA) is 201 Å². The van der Waals surface area contributed by atoms with Crippen LogP contribution < -0.4 is 31.3 Å². The number of aliphatic hydroxyl groups excluding tert-OH is 1. The van der Waals surface area contributed by atoms with Gasteiger partial charge in [-0.25, -0.2) is 4.79 Å². The van der Waals surface area contributed by atoms with Crippen molar-refractivity contribution >= 4 is 35.5 Å². The zero-order valence-corrected chi connectivity index (χ0v) is 36.4. The highest BCUT2D eigenvalue weighted by Crippen LogP contribution is 2.28. The molecular formula is C48H63N5O9. The molecule has 3 aromatic carbocycles. The van der Waals surface area contributed by atoms with E-state index >= 15 is 0 Å². The first kappa shape index (κ1) is 47.3. The highest BCUT2D eigenvalue weighted by molar-refractivity contribution is 5.93. The lowest BCUT2D eigenvalue weighted by molar-refractivity contribution is -0.158. The fourth-order valence-electron chi connectivity index (χ4n) is 7.88. The van der Waals surface area contributed by atoms with Gasteiger partial charge in [0.1, 0.15) is 29.2 Å². The molecule has 6 N–H and O–H groups in total. The number of ether oxygens (including phenoxy) is 2. The van der Waals surface area contributed by atoms with Crippen LogP contribution in [0.4, 0.5) is 0 Å². The average Bonchev–Trinajstić information content (AvgIpc) is 3.25. The number of carbonyl (C=O) groups excluding carboxylic acids is 6. The molecule has 6 rings (SSSR count). The molecule has 14 nitrogen and oxygen atoms in total. The minimum absolute atomic E-state index is 0.0284. The van der Waals surface area contributed by atoms with E-state index in [1.54, 1.807) is 69.3 Å². The third kappa shape index (κ3) is 14.7. The van der Waals surface area contributed by atoms with Crippen LogP contribution in [-0.2, 0) is 46.3 Å². The largest absolute Gasteiger partial charge is 0.458 e. The van der Waals surface area contributed by atoms with Crippen molar-refractivity contribution in [2.24, 2.45) is 5.92 Å². The van der Waals surface area contributed by atoms with E-state index in [0.717, 1.165) is 50.5 Å². The molecule has 3 aliphatic rings. The summed E-state index contributed by atoms with van der Waals surface area (Å²) in [6, 6.07) is 19.2. The number of hydrogen-bond acceptors (Lipinski definition) is 9. The smallest absolute Gasteiger partial charge is 0.333 e. The van der Waals surface area contributed by atoms with Gasteiger partial charge in [-0.15, -0.1) is 0 Å². The van der Waals surface area contributed by atoms with Crippen LogP contribution in [0.15, 0.2) is 78.9 Å². The Balaban J connectivity index is 1.33. The van der Waals surface area contributed by atoms with E-state index in [4.69, 9.17) is 9.47 Å². The molecule has 2 aliphatic heterocycles. The Morgan fingerprint density at radius 1 is 0.823 bits per heavy atom. The highest BCUT2D eigenvalue weighted by atomic mass is 16.6. The van der Waals surface area contributed by atoms with Gasteiger partial charge in [-0.2, -0.15) is 0 Å². The lowest BCUT2D eigenvalue weighted by atomic mass is 9.83. The summed E-state index contributed by atoms with van der Waals surface area (Å²) in [5, 5.41) is 25.1. The molecule has 0 radical (unpaired) electrons. The summed E-state index contributed by atoms with van der Waals surface area (Å²) in [6.45, 7) is 6.38. The fraction of sp³-hybridized carbons (Fsp3) is 0.500. The summed E-state index contributed by atoms with van der Waals surface area (Å²) in [5.74, 6) is -2.61. The molecule has 0 saturated heterocycles. The third-order valence-corrected chi connectivity index (χ3v) is 11.1. The second kappa shape index (κ2) is 22.9. The van der Waals surface area contributed by atoms with Crippen molar-refractivity contribution < 1.29 is 43.3 Å². The maximum absolute atomic E-state index is 14.3. The number of rotatable bonds is 12. The molecule has 334 valence electrons. The summed E-state index contributed by atoms with van der Waals surface area (Å²) in [5.41, 5.74) is 1.46. The molecule has 0 aromatic heterocycles. The molecule has 2 unspecified atom stereocenters.